The lowest BCUT2D eigenvalue weighted by Crippen LogP contribution is -2.08. The second-order valence-electron chi connectivity index (χ2n) is 3.91. The van der Waals surface area contributed by atoms with E-state index < -0.39 is 5.97 Å². The highest BCUT2D eigenvalue weighted by Crippen LogP contribution is 2.24. The molecule has 20 heavy (non-hydrogen) atoms. The zero-order valence-electron chi connectivity index (χ0n) is 10.6. The Balaban J connectivity index is 2.32. The second-order valence-corrected chi connectivity index (χ2v) is 4.72. The quantitative estimate of drug-likeness (QED) is 0.642. The zero-order valence-corrected chi connectivity index (χ0v) is 12.1. The molecule has 0 saturated heterocycles. The van der Waals surface area contributed by atoms with E-state index in [-0.39, 0.29) is 12.3 Å². The van der Waals surface area contributed by atoms with Gasteiger partial charge in [-0.2, -0.15) is 9.90 Å². The number of esters is 1. The lowest BCUT2D eigenvalue weighted by atomic mass is 10.3. The first-order valence-electron chi connectivity index (χ1n) is 5.70. The smallest absolute Gasteiger partial charge is 0.361 e. The van der Waals surface area contributed by atoms with Crippen LogP contribution in [-0.4, -0.2) is 27.6 Å². The van der Waals surface area contributed by atoms with Crippen molar-refractivity contribution in [3.05, 3.63) is 52.3 Å². The summed E-state index contributed by atoms with van der Waals surface area (Å²) in [7, 11) is 0. The SMILES string of the molecule is C=CCOC(=O)c1nn(-c2ccc(Cl)c(Cl)c2)nc1C. The number of rotatable bonds is 4. The molecule has 0 N–H and O–H groups in total. The number of ether oxygens (including phenoxy) is 1. The van der Waals surface area contributed by atoms with Crippen molar-refractivity contribution < 1.29 is 9.53 Å². The minimum Gasteiger partial charge on any atom is -0.457 e. The molecule has 5 nitrogen and oxygen atoms in total. The van der Waals surface area contributed by atoms with Crippen LogP contribution in [0.3, 0.4) is 0 Å². The summed E-state index contributed by atoms with van der Waals surface area (Å²) in [5, 5.41) is 9.08. The van der Waals surface area contributed by atoms with Crippen molar-refractivity contribution in [1.29, 1.82) is 0 Å². The van der Waals surface area contributed by atoms with Crippen LogP contribution < -0.4 is 0 Å². The molecule has 0 fully saturated rings. The predicted molar refractivity (Wildman–Crippen MR) is 76.6 cm³/mol. The molecule has 0 aliphatic rings. The van der Waals surface area contributed by atoms with Crippen LogP contribution in [0.25, 0.3) is 5.69 Å². The van der Waals surface area contributed by atoms with Crippen LogP contribution in [0, 0.1) is 6.92 Å². The van der Waals surface area contributed by atoms with Gasteiger partial charge in [-0.1, -0.05) is 35.9 Å². The molecule has 1 aromatic carbocycles. The molecule has 0 unspecified atom stereocenters. The first kappa shape index (κ1) is 14.6. The van der Waals surface area contributed by atoms with E-state index >= 15 is 0 Å². The summed E-state index contributed by atoms with van der Waals surface area (Å²) in [5.41, 5.74) is 1.22. The van der Waals surface area contributed by atoms with Crippen LogP contribution >= 0.6 is 23.2 Å². The van der Waals surface area contributed by atoms with Gasteiger partial charge >= 0.3 is 5.97 Å². The summed E-state index contributed by atoms with van der Waals surface area (Å²) in [6.07, 6.45) is 1.48. The van der Waals surface area contributed by atoms with Gasteiger partial charge in [-0.25, -0.2) is 4.79 Å². The highest BCUT2D eigenvalue weighted by molar-refractivity contribution is 6.42. The number of halogens is 2. The van der Waals surface area contributed by atoms with E-state index in [1.807, 2.05) is 0 Å². The van der Waals surface area contributed by atoms with Gasteiger partial charge in [-0.05, 0) is 25.1 Å². The van der Waals surface area contributed by atoms with Gasteiger partial charge in [0.1, 0.15) is 6.61 Å². The maximum Gasteiger partial charge on any atom is 0.361 e. The highest BCUT2D eigenvalue weighted by atomic mass is 35.5. The van der Waals surface area contributed by atoms with E-state index in [4.69, 9.17) is 27.9 Å². The fourth-order valence-electron chi connectivity index (χ4n) is 1.50. The molecule has 2 rings (SSSR count). The normalized spacial score (nSPS) is 10.3. The third kappa shape index (κ3) is 3.00. The Labute approximate surface area is 125 Å². The van der Waals surface area contributed by atoms with Gasteiger partial charge in [-0.15, -0.1) is 5.10 Å². The maximum atomic E-state index is 11.8. The van der Waals surface area contributed by atoms with Gasteiger partial charge in [0.25, 0.3) is 0 Å². The van der Waals surface area contributed by atoms with Gasteiger partial charge < -0.3 is 4.74 Å². The standard InChI is InChI=1S/C13H11Cl2N3O2/c1-3-6-20-13(19)12-8(2)16-18(17-12)9-4-5-10(14)11(15)7-9/h3-5,7H,1,6H2,2H3. The zero-order chi connectivity index (χ0) is 14.7. The van der Waals surface area contributed by atoms with E-state index in [1.165, 1.54) is 10.9 Å². The molecule has 0 spiro atoms. The molecule has 0 aliphatic carbocycles. The Bertz CT molecular complexity index is 668. The first-order valence-corrected chi connectivity index (χ1v) is 6.46. The van der Waals surface area contributed by atoms with Crippen LogP contribution in [0.15, 0.2) is 30.9 Å². The third-order valence-electron chi connectivity index (χ3n) is 2.44. The summed E-state index contributed by atoms with van der Waals surface area (Å²) in [5.74, 6) is -0.547. The van der Waals surface area contributed by atoms with Gasteiger partial charge in [0.2, 0.25) is 0 Å². The van der Waals surface area contributed by atoms with E-state index in [9.17, 15) is 4.79 Å². The van der Waals surface area contributed by atoms with Crippen LogP contribution in [0.4, 0.5) is 0 Å². The Hall–Kier alpha value is -1.85. The number of carbonyl (C=O) groups excluding carboxylic acids is 1. The van der Waals surface area contributed by atoms with Gasteiger partial charge in [0.15, 0.2) is 5.69 Å². The van der Waals surface area contributed by atoms with Gasteiger partial charge in [0, 0.05) is 0 Å². The molecule has 0 amide bonds. The largest absolute Gasteiger partial charge is 0.457 e. The van der Waals surface area contributed by atoms with E-state index in [0.717, 1.165) is 0 Å². The molecule has 0 bridgehead atoms. The number of carbonyl (C=O) groups is 1. The predicted octanol–water partition coefficient (Wildman–Crippen LogP) is 3.23. The van der Waals surface area contributed by atoms with Crippen LogP contribution in [0.1, 0.15) is 16.2 Å². The van der Waals surface area contributed by atoms with E-state index in [2.05, 4.69) is 16.8 Å². The molecule has 1 heterocycles. The minimum atomic E-state index is -0.547. The lowest BCUT2D eigenvalue weighted by Gasteiger charge is -2.01. The lowest BCUT2D eigenvalue weighted by molar-refractivity contribution is 0.0541. The monoisotopic (exact) mass is 311 g/mol. The van der Waals surface area contributed by atoms with E-state index in [0.29, 0.717) is 21.4 Å². The molecule has 0 saturated carbocycles. The molecular formula is C13H11Cl2N3O2. The average molecular weight is 312 g/mol. The first-order chi connectivity index (χ1) is 9.52. The topological polar surface area (TPSA) is 57.0 Å². The number of nitrogens with zero attached hydrogens (tertiary/aromatic N) is 3. The summed E-state index contributed by atoms with van der Waals surface area (Å²) in [6, 6.07) is 4.95. The number of benzene rings is 1. The summed E-state index contributed by atoms with van der Waals surface area (Å²) in [4.78, 5) is 13.1. The molecule has 1 aromatic heterocycles. The molecule has 0 aliphatic heterocycles. The van der Waals surface area contributed by atoms with Crippen LogP contribution in [0.5, 0.6) is 0 Å². The van der Waals surface area contributed by atoms with Crippen molar-refractivity contribution in [3.8, 4) is 5.69 Å². The molecule has 104 valence electrons. The highest BCUT2D eigenvalue weighted by Gasteiger charge is 2.17. The molecule has 0 radical (unpaired) electrons. The third-order valence-corrected chi connectivity index (χ3v) is 3.18. The number of aryl methyl sites for hydroxylation is 1. The second kappa shape index (κ2) is 6.07. The summed E-state index contributed by atoms with van der Waals surface area (Å²) >= 11 is 11.8. The van der Waals surface area contributed by atoms with Crippen molar-refractivity contribution in [2.45, 2.75) is 6.92 Å². The summed E-state index contributed by atoms with van der Waals surface area (Å²) < 4.78 is 4.93. The Morgan fingerprint density at radius 1 is 1.40 bits per heavy atom. The Kier molecular flexibility index (Phi) is 4.42. The molecular weight excluding hydrogens is 301 g/mol. The van der Waals surface area contributed by atoms with Crippen molar-refractivity contribution >= 4 is 29.2 Å². The number of aromatic nitrogens is 3. The van der Waals surface area contributed by atoms with Gasteiger partial charge in [-0.3, -0.25) is 0 Å². The fourth-order valence-corrected chi connectivity index (χ4v) is 1.79. The number of hydrogen-bond donors (Lipinski definition) is 0. The van der Waals surface area contributed by atoms with Crippen LogP contribution in [0.2, 0.25) is 10.0 Å². The van der Waals surface area contributed by atoms with Crippen molar-refractivity contribution in [2.75, 3.05) is 6.61 Å². The van der Waals surface area contributed by atoms with Crippen molar-refractivity contribution in [2.24, 2.45) is 0 Å². The number of hydrogen-bond acceptors (Lipinski definition) is 4. The van der Waals surface area contributed by atoms with Crippen LogP contribution in [-0.2, 0) is 4.74 Å². The van der Waals surface area contributed by atoms with Gasteiger partial charge in [0.05, 0.1) is 21.4 Å². The van der Waals surface area contributed by atoms with Crippen molar-refractivity contribution in [3.63, 3.8) is 0 Å². The Morgan fingerprint density at radius 2 is 2.15 bits per heavy atom. The van der Waals surface area contributed by atoms with E-state index in [1.54, 1.807) is 25.1 Å². The van der Waals surface area contributed by atoms with Crippen molar-refractivity contribution in [1.82, 2.24) is 15.0 Å². The minimum absolute atomic E-state index is 0.123. The Morgan fingerprint density at radius 3 is 2.80 bits per heavy atom. The molecule has 0 atom stereocenters. The maximum absolute atomic E-state index is 11.8. The summed E-state index contributed by atoms with van der Waals surface area (Å²) in [6.45, 7) is 5.27. The fraction of sp³-hybridized carbons (Fsp3) is 0.154. The average Bonchev–Trinajstić information content (AvgIpc) is 2.81. The molecule has 7 heteroatoms. The molecule has 2 aromatic rings.